The molecular formula is C14H20O3. The lowest BCUT2D eigenvalue weighted by Gasteiger charge is -2.12. The first-order valence-electron chi connectivity index (χ1n) is 6.20. The molecule has 0 amide bonds. The molecule has 0 bridgehead atoms. The third-order valence-corrected chi connectivity index (χ3v) is 2.73. The second kappa shape index (κ2) is 6.94. The van der Waals surface area contributed by atoms with Crippen LogP contribution < -0.4 is 4.74 Å². The molecule has 0 aliphatic carbocycles. The predicted molar refractivity (Wildman–Crippen MR) is 67.7 cm³/mol. The monoisotopic (exact) mass is 236 g/mol. The number of unbranched alkanes of at least 4 members (excludes halogenated alkanes) is 1. The quantitative estimate of drug-likeness (QED) is 0.599. The molecule has 0 aromatic heterocycles. The van der Waals surface area contributed by atoms with Gasteiger partial charge in [-0.05, 0) is 36.5 Å². The van der Waals surface area contributed by atoms with Gasteiger partial charge in [0.1, 0.15) is 5.75 Å². The number of hydrogen-bond donors (Lipinski definition) is 1. The van der Waals surface area contributed by atoms with Crippen molar-refractivity contribution in [2.75, 3.05) is 0 Å². The Kier molecular flexibility index (Phi) is 5.53. The molecule has 0 heterocycles. The number of ether oxygens (including phenoxy) is 1. The van der Waals surface area contributed by atoms with E-state index in [2.05, 4.69) is 19.9 Å². The van der Waals surface area contributed by atoms with Crippen molar-refractivity contribution in [3.63, 3.8) is 0 Å². The van der Waals surface area contributed by atoms with Gasteiger partial charge in [-0.1, -0.05) is 38.8 Å². The minimum Gasteiger partial charge on any atom is -0.449 e. The molecule has 17 heavy (non-hydrogen) atoms. The Morgan fingerprint density at radius 2 is 2.00 bits per heavy atom. The highest BCUT2D eigenvalue weighted by Crippen LogP contribution is 2.25. The lowest BCUT2D eigenvalue weighted by molar-refractivity contribution is 0.144. The van der Waals surface area contributed by atoms with Crippen molar-refractivity contribution in [2.24, 2.45) is 0 Å². The third-order valence-electron chi connectivity index (χ3n) is 2.73. The summed E-state index contributed by atoms with van der Waals surface area (Å²) in [5.41, 5.74) is 2.26. The van der Waals surface area contributed by atoms with Gasteiger partial charge < -0.3 is 9.84 Å². The summed E-state index contributed by atoms with van der Waals surface area (Å²) in [6.07, 6.45) is 3.85. The van der Waals surface area contributed by atoms with E-state index in [9.17, 15) is 4.79 Å². The van der Waals surface area contributed by atoms with E-state index in [4.69, 9.17) is 9.84 Å². The summed E-state index contributed by atoms with van der Waals surface area (Å²) >= 11 is 0. The molecule has 3 heteroatoms. The molecule has 1 rings (SSSR count). The van der Waals surface area contributed by atoms with Crippen LogP contribution in [0, 0.1) is 0 Å². The zero-order valence-electron chi connectivity index (χ0n) is 10.5. The first-order valence-corrected chi connectivity index (χ1v) is 6.20. The Morgan fingerprint density at radius 1 is 1.24 bits per heavy atom. The maximum absolute atomic E-state index is 10.6. The highest BCUT2D eigenvalue weighted by Gasteiger charge is 2.11. The number of aryl methyl sites for hydroxylation is 1. The van der Waals surface area contributed by atoms with Gasteiger partial charge in [-0.3, -0.25) is 0 Å². The second-order valence-electron chi connectivity index (χ2n) is 4.12. The number of benzene rings is 1. The smallest absolute Gasteiger partial charge is 0.449 e. The van der Waals surface area contributed by atoms with Gasteiger partial charge in [0.15, 0.2) is 0 Å². The lowest BCUT2D eigenvalue weighted by atomic mass is 9.98. The van der Waals surface area contributed by atoms with Gasteiger partial charge in [-0.2, -0.15) is 0 Å². The van der Waals surface area contributed by atoms with Gasteiger partial charge in [0, 0.05) is 0 Å². The summed E-state index contributed by atoms with van der Waals surface area (Å²) in [7, 11) is 0. The van der Waals surface area contributed by atoms with Gasteiger partial charge >= 0.3 is 6.16 Å². The number of carbonyl (C=O) groups is 1. The Balaban J connectivity index is 2.98. The minimum atomic E-state index is -1.24. The molecule has 0 unspecified atom stereocenters. The zero-order chi connectivity index (χ0) is 12.7. The normalized spacial score (nSPS) is 10.2. The Hall–Kier alpha value is -1.51. The predicted octanol–water partition coefficient (Wildman–Crippen LogP) is 4.04. The molecule has 1 N–H and O–H groups in total. The summed E-state index contributed by atoms with van der Waals surface area (Å²) < 4.78 is 4.84. The van der Waals surface area contributed by atoms with Crippen LogP contribution in [0.5, 0.6) is 5.75 Å². The van der Waals surface area contributed by atoms with Crippen LogP contribution in [0.15, 0.2) is 18.2 Å². The molecule has 0 atom stereocenters. The summed E-state index contributed by atoms with van der Waals surface area (Å²) in [4.78, 5) is 10.6. The average Bonchev–Trinajstić information content (AvgIpc) is 2.29. The summed E-state index contributed by atoms with van der Waals surface area (Å²) in [6.45, 7) is 4.23. The van der Waals surface area contributed by atoms with Gasteiger partial charge in [-0.25, -0.2) is 4.79 Å². The van der Waals surface area contributed by atoms with E-state index in [1.165, 1.54) is 5.56 Å². The van der Waals surface area contributed by atoms with Crippen LogP contribution in [-0.2, 0) is 12.8 Å². The average molecular weight is 236 g/mol. The van der Waals surface area contributed by atoms with E-state index >= 15 is 0 Å². The lowest BCUT2D eigenvalue weighted by Crippen LogP contribution is -2.07. The molecule has 0 fully saturated rings. The van der Waals surface area contributed by atoms with Crippen LogP contribution in [0.3, 0.4) is 0 Å². The minimum absolute atomic E-state index is 0.493. The van der Waals surface area contributed by atoms with Crippen LogP contribution >= 0.6 is 0 Å². The molecule has 0 saturated heterocycles. The third kappa shape index (κ3) is 4.10. The standard InChI is InChI=1S/C14H20O3/c1-3-5-8-11-9-6-10-13(17-14(15)16)12(11)7-4-2/h6,9-10H,3-5,7-8H2,1-2H3,(H,15,16). The van der Waals surface area contributed by atoms with Crippen molar-refractivity contribution in [2.45, 2.75) is 46.0 Å². The highest BCUT2D eigenvalue weighted by molar-refractivity contribution is 5.62. The van der Waals surface area contributed by atoms with Crippen molar-refractivity contribution >= 4 is 6.16 Å². The maximum Gasteiger partial charge on any atom is 0.511 e. The first-order chi connectivity index (χ1) is 8.19. The SMILES string of the molecule is CCCCc1cccc(OC(=O)O)c1CCC. The summed E-state index contributed by atoms with van der Waals surface area (Å²) in [5.74, 6) is 0.493. The van der Waals surface area contributed by atoms with E-state index in [1.54, 1.807) is 6.07 Å². The van der Waals surface area contributed by atoms with Crippen LogP contribution in [0.2, 0.25) is 0 Å². The van der Waals surface area contributed by atoms with Crippen molar-refractivity contribution < 1.29 is 14.6 Å². The Bertz CT molecular complexity index is 372. The molecule has 94 valence electrons. The van der Waals surface area contributed by atoms with E-state index in [-0.39, 0.29) is 0 Å². The molecule has 3 nitrogen and oxygen atoms in total. The van der Waals surface area contributed by atoms with Crippen molar-refractivity contribution in [1.82, 2.24) is 0 Å². The molecule has 0 aliphatic heterocycles. The number of rotatable bonds is 6. The van der Waals surface area contributed by atoms with Crippen LogP contribution in [-0.4, -0.2) is 11.3 Å². The summed E-state index contributed by atoms with van der Waals surface area (Å²) in [5, 5.41) is 8.70. The van der Waals surface area contributed by atoms with E-state index < -0.39 is 6.16 Å². The van der Waals surface area contributed by atoms with Gasteiger partial charge in [-0.15, -0.1) is 0 Å². The molecule has 1 aromatic carbocycles. The van der Waals surface area contributed by atoms with Crippen LogP contribution in [0.25, 0.3) is 0 Å². The molecule has 0 saturated carbocycles. The Morgan fingerprint density at radius 3 is 2.59 bits per heavy atom. The highest BCUT2D eigenvalue weighted by atomic mass is 16.7. The fourth-order valence-corrected chi connectivity index (χ4v) is 1.94. The van der Waals surface area contributed by atoms with Crippen molar-refractivity contribution in [3.8, 4) is 5.75 Å². The topological polar surface area (TPSA) is 46.5 Å². The van der Waals surface area contributed by atoms with Gasteiger partial charge in [0.2, 0.25) is 0 Å². The van der Waals surface area contributed by atoms with Crippen LogP contribution in [0.4, 0.5) is 4.79 Å². The zero-order valence-corrected chi connectivity index (χ0v) is 10.5. The molecule has 0 spiro atoms. The summed E-state index contributed by atoms with van der Waals surface area (Å²) in [6, 6.07) is 5.66. The van der Waals surface area contributed by atoms with Gasteiger partial charge in [0.05, 0.1) is 0 Å². The molecule has 1 aromatic rings. The molecule has 0 radical (unpaired) electrons. The van der Waals surface area contributed by atoms with E-state index in [0.717, 1.165) is 37.7 Å². The fraction of sp³-hybridized carbons (Fsp3) is 0.500. The molecule has 0 aliphatic rings. The van der Waals surface area contributed by atoms with E-state index in [1.807, 2.05) is 6.07 Å². The van der Waals surface area contributed by atoms with Gasteiger partial charge in [0.25, 0.3) is 0 Å². The number of carboxylic acid groups (broad SMARTS) is 1. The number of hydrogen-bond acceptors (Lipinski definition) is 2. The maximum atomic E-state index is 10.6. The van der Waals surface area contributed by atoms with Crippen molar-refractivity contribution in [1.29, 1.82) is 0 Å². The largest absolute Gasteiger partial charge is 0.511 e. The van der Waals surface area contributed by atoms with Crippen LogP contribution in [0.1, 0.15) is 44.2 Å². The molecular weight excluding hydrogens is 216 g/mol. The first kappa shape index (κ1) is 13.6. The fourth-order valence-electron chi connectivity index (χ4n) is 1.94. The van der Waals surface area contributed by atoms with Crippen molar-refractivity contribution in [3.05, 3.63) is 29.3 Å². The second-order valence-corrected chi connectivity index (χ2v) is 4.12. The Labute approximate surface area is 102 Å². The van der Waals surface area contributed by atoms with E-state index in [0.29, 0.717) is 5.75 Å².